The van der Waals surface area contributed by atoms with Crippen molar-refractivity contribution in [2.24, 2.45) is 5.92 Å². The maximum absolute atomic E-state index is 6.15. The van der Waals surface area contributed by atoms with Crippen LogP contribution in [0, 0.1) is 5.92 Å². The van der Waals surface area contributed by atoms with E-state index in [-0.39, 0.29) is 7.43 Å². The molecule has 2 aliphatic rings. The van der Waals surface area contributed by atoms with Crippen molar-refractivity contribution in [3.05, 3.63) is 65.2 Å². The van der Waals surface area contributed by atoms with Gasteiger partial charge in [0.2, 0.25) is 0 Å². The maximum atomic E-state index is 6.15. The summed E-state index contributed by atoms with van der Waals surface area (Å²) in [4.78, 5) is 2.63. The van der Waals surface area contributed by atoms with E-state index in [1.807, 2.05) is 0 Å². The molecule has 0 radical (unpaired) electrons. The fraction of sp³-hybridized carbons (Fsp3) is 0.478. The number of para-hydroxylation sites is 1. The van der Waals surface area contributed by atoms with Gasteiger partial charge in [0.05, 0.1) is 0 Å². The van der Waals surface area contributed by atoms with Crippen LogP contribution in [0.4, 0.5) is 0 Å². The van der Waals surface area contributed by atoms with E-state index in [4.69, 9.17) is 4.74 Å². The Morgan fingerprint density at radius 2 is 1.64 bits per heavy atom. The number of nitrogens with zero attached hydrogens (tertiary/aromatic N) is 1. The molecule has 134 valence electrons. The number of ether oxygens (including phenoxy) is 1. The zero-order valence-electron chi connectivity index (χ0n) is 14.6. The Morgan fingerprint density at radius 3 is 2.40 bits per heavy atom. The lowest BCUT2D eigenvalue weighted by Gasteiger charge is -2.36. The summed E-state index contributed by atoms with van der Waals surface area (Å²) >= 11 is 0. The van der Waals surface area contributed by atoms with Crippen molar-refractivity contribution in [1.29, 1.82) is 0 Å². The Morgan fingerprint density at radius 1 is 0.960 bits per heavy atom. The number of rotatable bonds is 3. The van der Waals surface area contributed by atoms with Crippen LogP contribution in [-0.4, -0.2) is 24.5 Å². The lowest BCUT2D eigenvalue weighted by atomic mass is 9.75. The lowest BCUT2D eigenvalue weighted by molar-refractivity contribution is 0.175. The number of hydrogen-bond donors (Lipinski definition) is 0. The van der Waals surface area contributed by atoms with Crippen LogP contribution in [0.1, 0.15) is 56.2 Å². The second-order valence-electron chi connectivity index (χ2n) is 7.18. The van der Waals surface area contributed by atoms with Gasteiger partial charge in [-0.2, -0.15) is 0 Å². The minimum atomic E-state index is 0. The summed E-state index contributed by atoms with van der Waals surface area (Å²) in [6, 6.07) is 17.6. The topological polar surface area (TPSA) is 12.5 Å². The maximum Gasteiger partial charge on any atom is 0.123 e. The third-order valence-electron chi connectivity index (χ3n) is 5.67. The highest BCUT2D eigenvalue weighted by Crippen LogP contribution is 2.44. The molecule has 0 spiro atoms. The van der Waals surface area contributed by atoms with Crippen LogP contribution >= 0.6 is 0 Å². The van der Waals surface area contributed by atoms with Gasteiger partial charge in [0.15, 0.2) is 0 Å². The van der Waals surface area contributed by atoms with Gasteiger partial charge >= 0.3 is 0 Å². The zero-order valence-corrected chi connectivity index (χ0v) is 14.6. The van der Waals surface area contributed by atoms with Crippen LogP contribution in [-0.2, 0) is 6.61 Å². The third kappa shape index (κ3) is 3.59. The summed E-state index contributed by atoms with van der Waals surface area (Å²) in [6.07, 6.45) is 3.83. The molecule has 0 aromatic heterocycles. The predicted molar refractivity (Wildman–Crippen MR) is 105 cm³/mol. The molecular formula is C23H31NO. The molecule has 2 heteroatoms. The normalized spacial score (nSPS) is 20.6. The second kappa shape index (κ2) is 8.05. The monoisotopic (exact) mass is 337 g/mol. The molecule has 0 N–H and O–H groups in total. The molecule has 0 saturated carbocycles. The minimum absolute atomic E-state index is 0. The largest absolute Gasteiger partial charge is 0.489 e. The van der Waals surface area contributed by atoms with Crippen molar-refractivity contribution in [2.45, 2.75) is 46.1 Å². The van der Waals surface area contributed by atoms with Crippen LogP contribution in [0.15, 0.2) is 48.5 Å². The molecule has 25 heavy (non-hydrogen) atoms. The molecule has 2 nitrogen and oxygen atoms in total. The van der Waals surface area contributed by atoms with Crippen LogP contribution in [0.25, 0.3) is 0 Å². The molecule has 0 bridgehead atoms. The minimum Gasteiger partial charge on any atom is -0.489 e. The van der Waals surface area contributed by atoms with Gasteiger partial charge in [-0.3, -0.25) is 0 Å². The van der Waals surface area contributed by atoms with Gasteiger partial charge < -0.3 is 9.64 Å². The average Bonchev–Trinajstić information content (AvgIpc) is 2.80. The number of fused-ring (bicyclic) bond motifs is 2. The van der Waals surface area contributed by atoms with Gasteiger partial charge in [-0.15, -0.1) is 0 Å². The quantitative estimate of drug-likeness (QED) is 0.736. The highest BCUT2D eigenvalue weighted by molar-refractivity contribution is 5.47. The Labute approximate surface area is 152 Å². The molecule has 2 aromatic carbocycles. The van der Waals surface area contributed by atoms with Crippen molar-refractivity contribution in [3.63, 3.8) is 0 Å². The standard InChI is InChI=1S/C22H27NO.CH4/c1-2-13-23-14-11-17(12-15-23)22-19-8-4-3-7-18(19)16-24-21-10-6-5-9-20(21)22;/h3-10,17,22H,2,11-16H2,1H3;1H4. The summed E-state index contributed by atoms with van der Waals surface area (Å²) in [5, 5.41) is 0. The van der Waals surface area contributed by atoms with Gasteiger partial charge in [-0.05, 0) is 62.0 Å². The molecule has 1 saturated heterocycles. The highest BCUT2D eigenvalue weighted by atomic mass is 16.5. The van der Waals surface area contributed by atoms with E-state index < -0.39 is 0 Å². The fourth-order valence-electron chi connectivity index (χ4n) is 4.49. The fourth-order valence-corrected chi connectivity index (χ4v) is 4.49. The van der Waals surface area contributed by atoms with Gasteiger partial charge in [-0.1, -0.05) is 56.8 Å². The Kier molecular flexibility index (Phi) is 5.80. The Bertz CT molecular complexity index is 640. The smallest absolute Gasteiger partial charge is 0.123 e. The Hall–Kier alpha value is -1.80. The van der Waals surface area contributed by atoms with E-state index in [9.17, 15) is 0 Å². The molecule has 1 unspecified atom stereocenters. The van der Waals surface area contributed by atoms with Gasteiger partial charge in [0.25, 0.3) is 0 Å². The SMILES string of the molecule is C.CCCN1CCC(C2c3ccccc3COc3ccccc32)CC1. The molecule has 1 atom stereocenters. The molecular weight excluding hydrogens is 306 g/mol. The predicted octanol–water partition coefficient (Wildman–Crippen LogP) is 5.47. The lowest BCUT2D eigenvalue weighted by Crippen LogP contribution is -2.36. The summed E-state index contributed by atoms with van der Waals surface area (Å²) in [5.41, 5.74) is 4.22. The summed E-state index contributed by atoms with van der Waals surface area (Å²) < 4.78 is 6.15. The average molecular weight is 338 g/mol. The van der Waals surface area contributed by atoms with E-state index in [1.54, 1.807) is 0 Å². The summed E-state index contributed by atoms with van der Waals surface area (Å²) in [7, 11) is 0. The molecule has 1 fully saturated rings. The van der Waals surface area contributed by atoms with Crippen molar-refractivity contribution in [3.8, 4) is 5.75 Å². The van der Waals surface area contributed by atoms with Gasteiger partial charge in [0, 0.05) is 11.5 Å². The van der Waals surface area contributed by atoms with Crippen LogP contribution < -0.4 is 4.74 Å². The Balaban J connectivity index is 0.00000182. The van der Waals surface area contributed by atoms with E-state index in [0.29, 0.717) is 18.4 Å². The van der Waals surface area contributed by atoms with Crippen LogP contribution in [0.5, 0.6) is 5.75 Å². The summed E-state index contributed by atoms with van der Waals surface area (Å²) in [5.74, 6) is 2.26. The number of piperidine rings is 1. The molecule has 0 amide bonds. The molecule has 4 rings (SSSR count). The van der Waals surface area contributed by atoms with Crippen LogP contribution in [0.3, 0.4) is 0 Å². The first kappa shape index (κ1) is 18.0. The number of benzene rings is 2. The molecule has 0 aliphatic carbocycles. The van der Waals surface area contributed by atoms with Crippen molar-refractivity contribution in [1.82, 2.24) is 4.90 Å². The van der Waals surface area contributed by atoms with E-state index in [2.05, 4.69) is 60.4 Å². The highest BCUT2D eigenvalue weighted by Gasteiger charge is 2.33. The molecule has 2 aliphatic heterocycles. The van der Waals surface area contributed by atoms with Crippen molar-refractivity contribution < 1.29 is 4.74 Å². The first-order valence-electron chi connectivity index (χ1n) is 9.38. The first-order chi connectivity index (χ1) is 11.9. The first-order valence-corrected chi connectivity index (χ1v) is 9.38. The van der Waals surface area contributed by atoms with Gasteiger partial charge in [-0.25, -0.2) is 0 Å². The van der Waals surface area contributed by atoms with E-state index in [0.717, 1.165) is 5.75 Å². The van der Waals surface area contributed by atoms with Gasteiger partial charge in [0.1, 0.15) is 12.4 Å². The van der Waals surface area contributed by atoms with Crippen molar-refractivity contribution >= 4 is 0 Å². The molecule has 2 heterocycles. The number of hydrogen-bond acceptors (Lipinski definition) is 2. The van der Waals surface area contributed by atoms with Crippen LogP contribution in [0.2, 0.25) is 0 Å². The van der Waals surface area contributed by atoms with E-state index in [1.165, 1.54) is 55.6 Å². The third-order valence-corrected chi connectivity index (χ3v) is 5.67. The van der Waals surface area contributed by atoms with Crippen molar-refractivity contribution in [2.75, 3.05) is 19.6 Å². The zero-order chi connectivity index (χ0) is 16.4. The number of likely N-dealkylation sites (tertiary alicyclic amines) is 1. The van der Waals surface area contributed by atoms with E-state index >= 15 is 0 Å². The summed E-state index contributed by atoms with van der Waals surface area (Å²) in [6.45, 7) is 6.69. The second-order valence-corrected chi connectivity index (χ2v) is 7.18. The molecule has 2 aromatic rings.